The Bertz CT molecular complexity index is 1150. The second kappa shape index (κ2) is 10.9. The molecule has 6 nitrogen and oxygen atoms in total. The zero-order valence-corrected chi connectivity index (χ0v) is 19.6. The summed E-state index contributed by atoms with van der Waals surface area (Å²) in [6, 6.07) is 23.3. The first kappa shape index (κ1) is 23.4. The Labute approximate surface area is 200 Å². The summed E-state index contributed by atoms with van der Waals surface area (Å²) in [7, 11) is 0. The second-order valence-electron chi connectivity index (χ2n) is 8.36. The maximum atomic E-state index is 12.9. The van der Waals surface area contributed by atoms with Gasteiger partial charge in [-0.2, -0.15) is 0 Å². The Morgan fingerprint density at radius 3 is 2.62 bits per heavy atom. The highest BCUT2D eigenvalue weighted by atomic mass is 16.5. The molecule has 0 saturated heterocycles. The molecular weight excluding hydrogens is 428 g/mol. The summed E-state index contributed by atoms with van der Waals surface area (Å²) >= 11 is 0. The number of rotatable bonds is 9. The number of hydrogen-bond acceptors (Lipinski definition) is 4. The number of anilines is 2. The molecular formula is C28H30N2O4. The lowest BCUT2D eigenvalue weighted by atomic mass is 10.1. The minimum Gasteiger partial charge on any atom is -0.484 e. The summed E-state index contributed by atoms with van der Waals surface area (Å²) in [5, 5.41) is 2.86. The first-order chi connectivity index (χ1) is 16.5. The molecule has 3 aromatic carbocycles. The number of hydrogen-bond donors (Lipinski definition) is 1. The molecule has 0 radical (unpaired) electrons. The Balaban J connectivity index is 1.41. The first-order valence-electron chi connectivity index (χ1n) is 11.7. The lowest BCUT2D eigenvalue weighted by Gasteiger charge is -2.33. The Morgan fingerprint density at radius 2 is 1.82 bits per heavy atom. The number of benzene rings is 3. The molecule has 0 saturated carbocycles. The van der Waals surface area contributed by atoms with Crippen LogP contribution in [0.5, 0.6) is 11.5 Å². The molecule has 0 fully saturated rings. The van der Waals surface area contributed by atoms with Gasteiger partial charge in [-0.25, -0.2) is 0 Å². The maximum Gasteiger partial charge on any atom is 0.267 e. The van der Waals surface area contributed by atoms with Crippen molar-refractivity contribution in [2.24, 2.45) is 0 Å². The van der Waals surface area contributed by atoms with Crippen LogP contribution in [0.1, 0.15) is 31.4 Å². The fourth-order valence-electron chi connectivity index (χ4n) is 4.00. The Morgan fingerprint density at radius 1 is 1.03 bits per heavy atom. The van der Waals surface area contributed by atoms with Crippen molar-refractivity contribution < 1.29 is 19.1 Å². The molecule has 2 amide bonds. The third-order valence-electron chi connectivity index (χ3n) is 5.82. The predicted octanol–water partition coefficient (Wildman–Crippen LogP) is 5.01. The van der Waals surface area contributed by atoms with Crippen LogP contribution in [0.15, 0.2) is 72.8 Å². The SMILES string of the molecule is CCc1cccc(OCC(=O)Nc2ccc3c(c2)N(CCCc2ccccc2)C(=O)C(C)O3)c1. The minimum absolute atomic E-state index is 0.0804. The van der Waals surface area contributed by atoms with Gasteiger partial charge in [0.05, 0.1) is 5.69 Å². The number of ether oxygens (including phenoxy) is 2. The molecule has 0 aliphatic carbocycles. The molecule has 1 unspecified atom stereocenters. The van der Waals surface area contributed by atoms with Gasteiger partial charge in [0.25, 0.3) is 11.8 Å². The van der Waals surface area contributed by atoms with Gasteiger partial charge < -0.3 is 19.7 Å². The normalized spacial score (nSPS) is 14.8. The number of nitrogens with zero attached hydrogens (tertiary/aromatic N) is 1. The fraction of sp³-hybridized carbons (Fsp3) is 0.286. The zero-order valence-electron chi connectivity index (χ0n) is 19.6. The van der Waals surface area contributed by atoms with Gasteiger partial charge in [-0.15, -0.1) is 0 Å². The van der Waals surface area contributed by atoms with Gasteiger partial charge in [-0.1, -0.05) is 49.4 Å². The number of nitrogens with one attached hydrogen (secondary N) is 1. The monoisotopic (exact) mass is 458 g/mol. The van der Waals surface area contributed by atoms with Crippen LogP contribution in [-0.2, 0) is 22.4 Å². The van der Waals surface area contributed by atoms with Gasteiger partial charge in [0, 0.05) is 12.2 Å². The van der Waals surface area contributed by atoms with Gasteiger partial charge in [0.15, 0.2) is 12.7 Å². The zero-order chi connectivity index (χ0) is 23.9. The van der Waals surface area contributed by atoms with Gasteiger partial charge in [-0.3, -0.25) is 9.59 Å². The highest BCUT2D eigenvalue weighted by molar-refractivity contribution is 6.01. The largest absolute Gasteiger partial charge is 0.484 e. The van der Waals surface area contributed by atoms with E-state index in [1.165, 1.54) is 5.56 Å². The van der Waals surface area contributed by atoms with E-state index in [0.717, 1.165) is 24.8 Å². The molecule has 3 aromatic rings. The number of fused-ring (bicyclic) bond motifs is 1. The summed E-state index contributed by atoms with van der Waals surface area (Å²) in [4.78, 5) is 27.1. The summed E-state index contributed by atoms with van der Waals surface area (Å²) in [6.07, 6.45) is 2.06. The first-order valence-corrected chi connectivity index (χ1v) is 11.7. The van der Waals surface area contributed by atoms with Crippen LogP contribution < -0.4 is 19.7 Å². The van der Waals surface area contributed by atoms with E-state index in [1.807, 2.05) is 42.5 Å². The van der Waals surface area contributed by atoms with E-state index < -0.39 is 6.10 Å². The molecule has 176 valence electrons. The van der Waals surface area contributed by atoms with Crippen LogP contribution in [0.3, 0.4) is 0 Å². The van der Waals surface area contributed by atoms with Crippen molar-refractivity contribution in [1.82, 2.24) is 0 Å². The maximum absolute atomic E-state index is 12.9. The third-order valence-corrected chi connectivity index (χ3v) is 5.82. The van der Waals surface area contributed by atoms with E-state index in [4.69, 9.17) is 9.47 Å². The van der Waals surface area contributed by atoms with Crippen molar-refractivity contribution in [2.75, 3.05) is 23.4 Å². The summed E-state index contributed by atoms with van der Waals surface area (Å²) < 4.78 is 11.4. The van der Waals surface area contributed by atoms with Crippen LogP contribution in [0, 0.1) is 0 Å². The van der Waals surface area contributed by atoms with Crippen molar-refractivity contribution in [2.45, 2.75) is 39.2 Å². The molecule has 34 heavy (non-hydrogen) atoms. The lowest BCUT2D eigenvalue weighted by molar-refractivity contribution is -0.125. The molecule has 1 aliphatic rings. The van der Waals surface area contributed by atoms with Crippen LogP contribution in [0.2, 0.25) is 0 Å². The smallest absolute Gasteiger partial charge is 0.267 e. The van der Waals surface area contributed by atoms with Crippen molar-refractivity contribution in [3.05, 3.63) is 83.9 Å². The van der Waals surface area contributed by atoms with Crippen molar-refractivity contribution in [1.29, 1.82) is 0 Å². The molecule has 0 bridgehead atoms. The molecule has 1 atom stereocenters. The predicted molar refractivity (Wildman–Crippen MR) is 134 cm³/mol. The van der Waals surface area contributed by atoms with E-state index in [2.05, 4.69) is 24.4 Å². The summed E-state index contributed by atoms with van der Waals surface area (Å²) in [5.74, 6) is 0.951. The van der Waals surface area contributed by atoms with E-state index in [-0.39, 0.29) is 18.4 Å². The van der Waals surface area contributed by atoms with Crippen LogP contribution in [0.25, 0.3) is 0 Å². The third kappa shape index (κ3) is 5.76. The number of carbonyl (C=O) groups excluding carboxylic acids is 2. The number of carbonyl (C=O) groups is 2. The van der Waals surface area contributed by atoms with E-state index in [9.17, 15) is 9.59 Å². The van der Waals surface area contributed by atoms with Crippen LogP contribution >= 0.6 is 0 Å². The van der Waals surface area contributed by atoms with Gasteiger partial charge >= 0.3 is 0 Å². The van der Waals surface area contributed by atoms with Crippen LogP contribution in [0.4, 0.5) is 11.4 Å². The van der Waals surface area contributed by atoms with Crippen LogP contribution in [-0.4, -0.2) is 31.1 Å². The molecule has 1 aliphatic heterocycles. The van der Waals surface area contributed by atoms with Gasteiger partial charge in [-0.05, 0) is 67.6 Å². The highest BCUT2D eigenvalue weighted by Crippen LogP contribution is 2.36. The Kier molecular flexibility index (Phi) is 7.48. The standard InChI is InChI=1S/C28H30N2O4/c1-3-21-11-7-13-24(17-21)33-19-27(31)29-23-14-15-26-25(18-23)30(28(32)20(2)34-26)16-8-12-22-9-5-4-6-10-22/h4-7,9-11,13-15,17-18,20H,3,8,12,16,19H2,1-2H3,(H,29,31). The van der Waals surface area contributed by atoms with Crippen molar-refractivity contribution in [3.8, 4) is 11.5 Å². The molecule has 6 heteroatoms. The van der Waals surface area contributed by atoms with Crippen molar-refractivity contribution >= 4 is 23.2 Å². The molecule has 1 N–H and O–H groups in total. The average molecular weight is 459 g/mol. The lowest BCUT2D eigenvalue weighted by Crippen LogP contribution is -2.45. The number of aryl methyl sites for hydroxylation is 2. The minimum atomic E-state index is -0.544. The summed E-state index contributed by atoms with van der Waals surface area (Å²) in [5.41, 5.74) is 3.65. The topological polar surface area (TPSA) is 67.9 Å². The average Bonchev–Trinajstić information content (AvgIpc) is 2.86. The molecule has 0 aromatic heterocycles. The fourth-order valence-corrected chi connectivity index (χ4v) is 4.00. The van der Waals surface area contributed by atoms with E-state index in [1.54, 1.807) is 30.0 Å². The Hall–Kier alpha value is -3.80. The van der Waals surface area contributed by atoms with E-state index >= 15 is 0 Å². The second-order valence-corrected chi connectivity index (χ2v) is 8.36. The van der Waals surface area contributed by atoms with E-state index in [0.29, 0.717) is 29.4 Å². The van der Waals surface area contributed by atoms with Gasteiger partial charge in [0.2, 0.25) is 0 Å². The van der Waals surface area contributed by atoms with Crippen molar-refractivity contribution in [3.63, 3.8) is 0 Å². The summed E-state index contributed by atoms with van der Waals surface area (Å²) in [6.45, 7) is 4.30. The quantitative estimate of drug-likeness (QED) is 0.489. The highest BCUT2D eigenvalue weighted by Gasteiger charge is 2.31. The molecule has 0 spiro atoms. The molecule has 1 heterocycles. The molecule has 4 rings (SSSR count). The number of amides is 2. The van der Waals surface area contributed by atoms with Gasteiger partial charge in [0.1, 0.15) is 11.5 Å².